The van der Waals surface area contributed by atoms with E-state index in [2.05, 4.69) is 5.32 Å². The average molecular weight is 256 g/mol. The molecule has 1 atom stereocenters. The van der Waals surface area contributed by atoms with Gasteiger partial charge in [0.25, 0.3) is 5.91 Å². The Bertz CT molecular complexity index is 441. The first-order chi connectivity index (χ1) is 8.00. The lowest BCUT2D eigenvalue weighted by molar-refractivity contribution is 0.0890. The summed E-state index contributed by atoms with van der Waals surface area (Å²) in [5.41, 5.74) is 0.113. The van der Waals surface area contributed by atoms with Gasteiger partial charge in [0.1, 0.15) is 5.75 Å². The molecule has 1 heterocycles. The summed E-state index contributed by atoms with van der Waals surface area (Å²) in [6.07, 6.45) is 0.796. The molecule has 1 unspecified atom stereocenters. The largest absolute Gasteiger partial charge is 0.506 e. The van der Waals surface area contributed by atoms with Gasteiger partial charge in [0.15, 0.2) is 0 Å². The Morgan fingerprint density at radius 3 is 2.94 bits per heavy atom. The van der Waals surface area contributed by atoms with Gasteiger partial charge in [-0.25, -0.2) is 0 Å². The van der Waals surface area contributed by atoms with Gasteiger partial charge in [0, 0.05) is 12.2 Å². The van der Waals surface area contributed by atoms with E-state index in [0.717, 1.165) is 6.42 Å². The SMILES string of the molecule is CC1(NC(=O)c2ccc(O)c(Cl)c2)CCOC1. The van der Waals surface area contributed by atoms with Crippen LogP contribution in [0.1, 0.15) is 23.7 Å². The van der Waals surface area contributed by atoms with Crippen LogP contribution in [0.4, 0.5) is 0 Å². The van der Waals surface area contributed by atoms with Crippen molar-refractivity contribution in [1.29, 1.82) is 0 Å². The summed E-state index contributed by atoms with van der Waals surface area (Å²) in [5.74, 6) is -0.237. The number of aromatic hydroxyl groups is 1. The van der Waals surface area contributed by atoms with E-state index in [1.807, 2.05) is 6.92 Å². The maximum atomic E-state index is 12.0. The van der Waals surface area contributed by atoms with Gasteiger partial charge < -0.3 is 15.2 Å². The molecular weight excluding hydrogens is 242 g/mol. The molecule has 0 bridgehead atoms. The lowest BCUT2D eigenvalue weighted by Gasteiger charge is -2.23. The standard InChI is InChI=1S/C12H14ClNO3/c1-12(4-5-17-7-12)14-11(16)8-2-3-10(15)9(13)6-8/h2-3,6,15H,4-5,7H2,1H3,(H,14,16). The van der Waals surface area contributed by atoms with Gasteiger partial charge >= 0.3 is 0 Å². The highest BCUT2D eigenvalue weighted by molar-refractivity contribution is 6.32. The lowest BCUT2D eigenvalue weighted by atomic mass is 10.0. The van der Waals surface area contributed by atoms with Crippen LogP contribution in [0, 0.1) is 0 Å². The van der Waals surface area contributed by atoms with Crippen molar-refractivity contribution in [1.82, 2.24) is 5.32 Å². The maximum absolute atomic E-state index is 12.0. The summed E-state index contributed by atoms with van der Waals surface area (Å²) in [6, 6.07) is 4.39. The Hall–Kier alpha value is -1.26. The Kier molecular flexibility index (Phi) is 3.26. The molecule has 1 fully saturated rings. The van der Waals surface area contributed by atoms with Gasteiger partial charge in [0.2, 0.25) is 0 Å². The zero-order valence-corrected chi connectivity index (χ0v) is 10.3. The molecule has 1 amide bonds. The number of rotatable bonds is 2. The molecular formula is C12H14ClNO3. The quantitative estimate of drug-likeness (QED) is 0.849. The third-order valence-corrected chi connectivity index (χ3v) is 3.15. The number of hydrogen-bond donors (Lipinski definition) is 2. The van der Waals surface area contributed by atoms with Crippen LogP contribution in [-0.4, -0.2) is 29.8 Å². The van der Waals surface area contributed by atoms with Crippen molar-refractivity contribution in [2.24, 2.45) is 0 Å². The van der Waals surface area contributed by atoms with Crippen molar-refractivity contribution in [3.63, 3.8) is 0 Å². The Balaban J connectivity index is 2.11. The molecule has 0 radical (unpaired) electrons. The van der Waals surface area contributed by atoms with E-state index in [9.17, 15) is 9.90 Å². The van der Waals surface area contributed by atoms with Crippen molar-refractivity contribution >= 4 is 17.5 Å². The van der Waals surface area contributed by atoms with Crippen LogP contribution in [0.5, 0.6) is 5.75 Å². The highest BCUT2D eigenvalue weighted by Crippen LogP contribution is 2.24. The van der Waals surface area contributed by atoms with Crippen molar-refractivity contribution in [3.05, 3.63) is 28.8 Å². The first-order valence-corrected chi connectivity index (χ1v) is 5.77. The van der Waals surface area contributed by atoms with E-state index < -0.39 is 0 Å². The predicted octanol–water partition coefficient (Wildman–Crippen LogP) is 1.95. The fraction of sp³-hybridized carbons (Fsp3) is 0.417. The first-order valence-electron chi connectivity index (χ1n) is 5.39. The number of halogens is 1. The molecule has 1 aliphatic heterocycles. The molecule has 0 spiro atoms. The van der Waals surface area contributed by atoms with E-state index in [-0.39, 0.29) is 22.2 Å². The van der Waals surface area contributed by atoms with E-state index in [1.54, 1.807) is 0 Å². The number of ether oxygens (including phenoxy) is 1. The lowest BCUT2D eigenvalue weighted by Crippen LogP contribution is -2.46. The molecule has 1 aromatic carbocycles. The fourth-order valence-electron chi connectivity index (χ4n) is 1.76. The van der Waals surface area contributed by atoms with Crippen LogP contribution in [0.2, 0.25) is 5.02 Å². The molecule has 0 aliphatic carbocycles. The second-order valence-corrected chi connectivity index (χ2v) is 4.89. The number of nitrogens with one attached hydrogen (secondary N) is 1. The molecule has 1 aliphatic rings. The van der Waals surface area contributed by atoms with Gasteiger partial charge in [-0.3, -0.25) is 4.79 Å². The Morgan fingerprint density at radius 2 is 2.35 bits per heavy atom. The summed E-state index contributed by atoms with van der Waals surface area (Å²) in [7, 11) is 0. The third kappa shape index (κ3) is 2.70. The minimum absolute atomic E-state index is 0.0290. The summed E-state index contributed by atoms with van der Waals surface area (Å²) < 4.78 is 5.26. The Labute approximate surface area is 105 Å². The zero-order chi connectivity index (χ0) is 12.5. The van der Waals surface area contributed by atoms with E-state index in [1.165, 1.54) is 18.2 Å². The van der Waals surface area contributed by atoms with E-state index in [4.69, 9.17) is 16.3 Å². The number of phenolic OH excluding ortho intramolecular Hbond substituents is 1. The highest BCUT2D eigenvalue weighted by Gasteiger charge is 2.31. The molecule has 2 N–H and O–H groups in total. The van der Waals surface area contributed by atoms with Gasteiger partial charge in [-0.1, -0.05) is 11.6 Å². The van der Waals surface area contributed by atoms with Gasteiger partial charge in [-0.05, 0) is 31.5 Å². The zero-order valence-electron chi connectivity index (χ0n) is 9.50. The number of amides is 1. The van der Waals surface area contributed by atoms with Crippen molar-refractivity contribution < 1.29 is 14.6 Å². The molecule has 4 nitrogen and oxygen atoms in total. The van der Waals surface area contributed by atoms with Crippen molar-refractivity contribution in [3.8, 4) is 5.75 Å². The number of carbonyl (C=O) groups is 1. The molecule has 92 valence electrons. The predicted molar refractivity (Wildman–Crippen MR) is 64.4 cm³/mol. The molecule has 1 aromatic rings. The average Bonchev–Trinajstić information content (AvgIpc) is 2.69. The molecule has 0 saturated carbocycles. The summed E-state index contributed by atoms with van der Waals surface area (Å²) in [6.45, 7) is 3.12. The smallest absolute Gasteiger partial charge is 0.251 e. The van der Waals surface area contributed by atoms with Gasteiger partial charge in [0.05, 0.1) is 17.2 Å². The number of benzene rings is 1. The highest BCUT2D eigenvalue weighted by atomic mass is 35.5. The number of phenols is 1. The van der Waals surface area contributed by atoms with E-state index >= 15 is 0 Å². The summed E-state index contributed by atoms with van der Waals surface area (Å²) in [5, 5.41) is 12.4. The summed E-state index contributed by atoms with van der Waals surface area (Å²) in [4.78, 5) is 12.0. The van der Waals surface area contributed by atoms with Crippen molar-refractivity contribution in [2.75, 3.05) is 13.2 Å². The molecule has 17 heavy (non-hydrogen) atoms. The minimum atomic E-state index is -0.318. The first kappa shape index (κ1) is 12.2. The van der Waals surface area contributed by atoms with Crippen LogP contribution in [0.15, 0.2) is 18.2 Å². The minimum Gasteiger partial charge on any atom is -0.506 e. The van der Waals surface area contributed by atoms with Crippen LogP contribution in [-0.2, 0) is 4.74 Å². The van der Waals surface area contributed by atoms with Crippen molar-refractivity contribution in [2.45, 2.75) is 18.9 Å². The van der Waals surface area contributed by atoms with Gasteiger partial charge in [-0.15, -0.1) is 0 Å². The molecule has 1 saturated heterocycles. The Morgan fingerprint density at radius 1 is 1.59 bits per heavy atom. The molecule has 0 aromatic heterocycles. The topological polar surface area (TPSA) is 58.6 Å². The monoisotopic (exact) mass is 255 g/mol. The van der Waals surface area contributed by atoms with Crippen LogP contribution >= 0.6 is 11.6 Å². The normalized spacial score (nSPS) is 23.6. The number of hydrogen-bond acceptors (Lipinski definition) is 3. The van der Waals surface area contributed by atoms with Crippen LogP contribution in [0.25, 0.3) is 0 Å². The molecule has 2 rings (SSSR count). The summed E-state index contributed by atoms with van der Waals surface area (Å²) >= 11 is 5.75. The second kappa shape index (κ2) is 4.55. The maximum Gasteiger partial charge on any atom is 0.251 e. The molecule has 5 heteroatoms. The van der Waals surface area contributed by atoms with Crippen LogP contribution < -0.4 is 5.32 Å². The number of carbonyl (C=O) groups excluding carboxylic acids is 1. The van der Waals surface area contributed by atoms with E-state index in [0.29, 0.717) is 18.8 Å². The van der Waals surface area contributed by atoms with Crippen LogP contribution in [0.3, 0.4) is 0 Å². The third-order valence-electron chi connectivity index (χ3n) is 2.84. The fourth-order valence-corrected chi connectivity index (χ4v) is 1.94. The second-order valence-electron chi connectivity index (χ2n) is 4.48. The van der Waals surface area contributed by atoms with Gasteiger partial charge in [-0.2, -0.15) is 0 Å².